The maximum absolute atomic E-state index is 12.5. The van der Waals surface area contributed by atoms with Gasteiger partial charge in [0.25, 0.3) is 0 Å². The van der Waals surface area contributed by atoms with Crippen LogP contribution in [-0.4, -0.2) is 38.5 Å². The molecule has 5 heteroatoms. The molecule has 1 aliphatic heterocycles. The first kappa shape index (κ1) is 14.5. The third-order valence-corrected chi connectivity index (χ3v) is 5.27. The molecule has 0 aromatic heterocycles. The van der Waals surface area contributed by atoms with Gasteiger partial charge in [-0.25, -0.2) is 8.42 Å². The first-order chi connectivity index (χ1) is 8.91. The maximum Gasteiger partial charge on any atom is 0.243 e. The molecule has 1 aromatic rings. The van der Waals surface area contributed by atoms with E-state index in [9.17, 15) is 8.42 Å². The fraction of sp³-hybridized carbons (Fsp3) is 0.571. The molecular weight excluding hydrogens is 262 g/mol. The van der Waals surface area contributed by atoms with Crippen LogP contribution in [0.15, 0.2) is 29.2 Å². The Morgan fingerprint density at radius 1 is 1.26 bits per heavy atom. The first-order valence-corrected chi connectivity index (χ1v) is 8.07. The molecule has 1 heterocycles. The second-order valence-corrected chi connectivity index (χ2v) is 7.21. The van der Waals surface area contributed by atoms with Crippen molar-refractivity contribution >= 4 is 10.0 Å². The lowest BCUT2D eigenvalue weighted by Crippen LogP contribution is -2.44. The van der Waals surface area contributed by atoms with Crippen molar-refractivity contribution in [2.45, 2.75) is 37.7 Å². The SMILES string of the molecule is CC(C)c1ccc(S(=O)(=O)N2CCO[C@@H](C)C2)cc1. The van der Waals surface area contributed by atoms with E-state index >= 15 is 0 Å². The lowest BCUT2D eigenvalue weighted by Gasteiger charge is -2.30. The van der Waals surface area contributed by atoms with Gasteiger partial charge in [0, 0.05) is 13.1 Å². The Morgan fingerprint density at radius 2 is 1.89 bits per heavy atom. The van der Waals surface area contributed by atoms with Crippen LogP contribution in [0.1, 0.15) is 32.3 Å². The molecule has 1 fully saturated rings. The monoisotopic (exact) mass is 283 g/mol. The quantitative estimate of drug-likeness (QED) is 0.854. The van der Waals surface area contributed by atoms with Crippen LogP contribution < -0.4 is 0 Å². The predicted octanol–water partition coefficient (Wildman–Crippen LogP) is 2.22. The summed E-state index contributed by atoms with van der Waals surface area (Å²) in [7, 11) is -3.38. The van der Waals surface area contributed by atoms with Gasteiger partial charge in [-0.15, -0.1) is 0 Å². The summed E-state index contributed by atoms with van der Waals surface area (Å²) in [5, 5.41) is 0. The van der Waals surface area contributed by atoms with Crippen LogP contribution in [0.5, 0.6) is 0 Å². The van der Waals surface area contributed by atoms with Crippen LogP contribution in [0.3, 0.4) is 0 Å². The van der Waals surface area contributed by atoms with Gasteiger partial charge in [-0.1, -0.05) is 26.0 Å². The standard InChI is InChI=1S/C14H21NO3S/c1-11(2)13-4-6-14(7-5-13)19(16,17)15-8-9-18-12(3)10-15/h4-7,11-12H,8-10H2,1-3H3/t12-/m0/s1. The molecule has 19 heavy (non-hydrogen) atoms. The van der Waals surface area contributed by atoms with E-state index in [1.807, 2.05) is 19.1 Å². The average molecular weight is 283 g/mol. The molecule has 0 aliphatic carbocycles. The molecule has 0 radical (unpaired) electrons. The highest BCUT2D eigenvalue weighted by Crippen LogP contribution is 2.21. The highest BCUT2D eigenvalue weighted by molar-refractivity contribution is 7.89. The average Bonchev–Trinajstić information content (AvgIpc) is 2.39. The highest BCUT2D eigenvalue weighted by Gasteiger charge is 2.28. The third kappa shape index (κ3) is 3.16. The summed E-state index contributed by atoms with van der Waals surface area (Å²) < 4.78 is 31.9. The summed E-state index contributed by atoms with van der Waals surface area (Å²) in [5.74, 6) is 0.403. The van der Waals surface area contributed by atoms with Crippen LogP contribution in [0.25, 0.3) is 0 Å². The zero-order valence-electron chi connectivity index (χ0n) is 11.7. The van der Waals surface area contributed by atoms with Crippen molar-refractivity contribution < 1.29 is 13.2 Å². The van der Waals surface area contributed by atoms with Gasteiger partial charge in [-0.2, -0.15) is 4.31 Å². The van der Waals surface area contributed by atoms with Gasteiger partial charge in [-0.05, 0) is 30.5 Å². The Morgan fingerprint density at radius 3 is 2.42 bits per heavy atom. The molecule has 106 valence electrons. The molecule has 0 spiro atoms. The van der Waals surface area contributed by atoms with Gasteiger partial charge in [0.1, 0.15) is 0 Å². The van der Waals surface area contributed by atoms with Gasteiger partial charge < -0.3 is 4.74 Å². The minimum atomic E-state index is -3.38. The summed E-state index contributed by atoms with van der Waals surface area (Å²) in [5.41, 5.74) is 1.15. The minimum absolute atomic E-state index is 0.0431. The second kappa shape index (κ2) is 5.61. The molecule has 0 N–H and O–H groups in total. The van der Waals surface area contributed by atoms with Crippen LogP contribution in [0, 0.1) is 0 Å². The van der Waals surface area contributed by atoms with Crippen molar-refractivity contribution in [3.05, 3.63) is 29.8 Å². The Bertz CT molecular complexity index is 522. The molecule has 0 amide bonds. The number of morpholine rings is 1. The predicted molar refractivity (Wildman–Crippen MR) is 74.7 cm³/mol. The fourth-order valence-corrected chi connectivity index (χ4v) is 3.68. The molecule has 2 rings (SSSR count). The summed E-state index contributed by atoms with van der Waals surface area (Å²) >= 11 is 0. The number of nitrogens with zero attached hydrogens (tertiary/aromatic N) is 1. The summed E-state index contributed by atoms with van der Waals surface area (Å²) in [6.07, 6.45) is -0.0431. The van der Waals surface area contributed by atoms with Crippen molar-refractivity contribution in [1.82, 2.24) is 4.31 Å². The Hall–Kier alpha value is -0.910. The lowest BCUT2D eigenvalue weighted by atomic mass is 10.0. The molecule has 4 nitrogen and oxygen atoms in total. The smallest absolute Gasteiger partial charge is 0.243 e. The van der Waals surface area contributed by atoms with Crippen molar-refractivity contribution in [2.24, 2.45) is 0 Å². The summed E-state index contributed by atoms with van der Waals surface area (Å²) in [4.78, 5) is 0.367. The summed E-state index contributed by atoms with van der Waals surface area (Å²) in [6, 6.07) is 7.18. The van der Waals surface area contributed by atoms with Gasteiger partial charge in [0.15, 0.2) is 0 Å². The second-order valence-electron chi connectivity index (χ2n) is 5.27. The third-order valence-electron chi connectivity index (χ3n) is 3.39. The van der Waals surface area contributed by atoms with Crippen LogP contribution in [-0.2, 0) is 14.8 Å². The van der Waals surface area contributed by atoms with E-state index in [1.54, 1.807) is 12.1 Å². The molecule has 1 saturated heterocycles. The summed E-state index contributed by atoms with van der Waals surface area (Å²) in [6.45, 7) is 7.39. The van der Waals surface area contributed by atoms with Crippen LogP contribution in [0.4, 0.5) is 0 Å². The van der Waals surface area contributed by atoms with Crippen molar-refractivity contribution in [2.75, 3.05) is 19.7 Å². The lowest BCUT2D eigenvalue weighted by molar-refractivity contribution is 0.0102. The van der Waals surface area contributed by atoms with Crippen LogP contribution in [0.2, 0.25) is 0 Å². The highest BCUT2D eigenvalue weighted by atomic mass is 32.2. The van der Waals surface area contributed by atoms with E-state index in [4.69, 9.17) is 4.74 Å². The Labute approximate surface area is 115 Å². The molecule has 1 aromatic carbocycles. The Kier molecular flexibility index (Phi) is 4.28. The van der Waals surface area contributed by atoms with E-state index < -0.39 is 10.0 Å². The molecule has 1 aliphatic rings. The number of benzene rings is 1. The first-order valence-electron chi connectivity index (χ1n) is 6.63. The number of hydrogen-bond acceptors (Lipinski definition) is 3. The van der Waals surface area contributed by atoms with Crippen molar-refractivity contribution in [3.63, 3.8) is 0 Å². The van der Waals surface area contributed by atoms with Crippen LogP contribution >= 0.6 is 0 Å². The number of hydrogen-bond donors (Lipinski definition) is 0. The number of ether oxygens (including phenoxy) is 1. The van der Waals surface area contributed by atoms with Gasteiger partial charge in [0.2, 0.25) is 10.0 Å². The number of sulfonamides is 1. The molecule has 0 saturated carbocycles. The van der Waals surface area contributed by atoms with Crippen molar-refractivity contribution in [3.8, 4) is 0 Å². The zero-order chi connectivity index (χ0) is 14.0. The Balaban J connectivity index is 2.23. The van der Waals surface area contributed by atoms with E-state index in [2.05, 4.69) is 13.8 Å². The van der Waals surface area contributed by atoms with Gasteiger partial charge in [0.05, 0.1) is 17.6 Å². The zero-order valence-corrected chi connectivity index (χ0v) is 12.5. The largest absolute Gasteiger partial charge is 0.376 e. The minimum Gasteiger partial charge on any atom is -0.376 e. The normalized spacial score (nSPS) is 21.8. The van der Waals surface area contributed by atoms with E-state index in [0.717, 1.165) is 5.56 Å². The molecular formula is C14H21NO3S. The van der Waals surface area contributed by atoms with Gasteiger partial charge in [-0.3, -0.25) is 0 Å². The fourth-order valence-electron chi connectivity index (χ4n) is 2.18. The molecule has 0 unspecified atom stereocenters. The maximum atomic E-state index is 12.5. The number of rotatable bonds is 3. The van der Waals surface area contributed by atoms with E-state index in [-0.39, 0.29) is 6.10 Å². The molecule has 1 atom stereocenters. The topological polar surface area (TPSA) is 46.6 Å². The van der Waals surface area contributed by atoms with Crippen molar-refractivity contribution in [1.29, 1.82) is 0 Å². The van der Waals surface area contributed by atoms with Gasteiger partial charge >= 0.3 is 0 Å². The molecule has 0 bridgehead atoms. The van der Waals surface area contributed by atoms with E-state index in [0.29, 0.717) is 30.5 Å². The van der Waals surface area contributed by atoms with E-state index in [1.165, 1.54) is 4.31 Å².